The monoisotopic (exact) mass is 267 g/mol. The smallest absolute Gasteiger partial charge is 0.256 e. The Morgan fingerprint density at radius 3 is 2.60 bits per heavy atom. The number of phenolic OH excluding ortho intramolecular Hbond substituents is 1. The molecule has 0 unspecified atom stereocenters. The summed E-state index contributed by atoms with van der Waals surface area (Å²) in [6.07, 6.45) is 1.79. The lowest BCUT2D eigenvalue weighted by Gasteiger charge is -2.01. The van der Waals surface area contributed by atoms with E-state index in [9.17, 15) is 9.90 Å². The molecule has 0 aromatic heterocycles. The van der Waals surface area contributed by atoms with E-state index in [1.807, 2.05) is 24.3 Å². The summed E-state index contributed by atoms with van der Waals surface area (Å²) in [6.45, 7) is 0. The third-order valence-corrected chi connectivity index (χ3v) is 3.21. The number of aromatic hydroxyl groups is 1. The zero-order valence-corrected chi connectivity index (χ0v) is 10.9. The van der Waals surface area contributed by atoms with Gasteiger partial charge < -0.3 is 15.2 Å². The van der Waals surface area contributed by atoms with Crippen LogP contribution in [0.5, 0.6) is 11.5 Å². The Kier molecular flexibility index (Phi) is 2.91. The molecule has 1 aliphatic rings. The number of nitrogens with one attached hydrogen (secondary N) is 1. The van der Waals surface area contributed by atoms with Gasteiger partial charge in [0.05, 0.1) is 7.11 Å². The first-order valence-corrected chi connectivity index (χ1v) is 6.18. The van der Waals surface area contributed by atoms with Crippen LogP contribution in [0.25, 0.3) is 11.6 Å². The number of carbonyl (C=O) groups is 1. The minimum Gasteiger partial charge on any atom is -0.508 e. The number of ether oxygens (including phenoxy) is 1. The quantitative estimate of drug-likeness (QED) is 0.649. The van der Waals surface area contributed by atoms with Gasteiger partial charge in [-0.25, -0.2) is 0 Å². The molecule has 1 amide bonds. The lowest BCUT2D eigenvalue weighted by atomic mass is 10.0. The van der Waals surface area contributed by atoms with Crippen molar-refractivity contribution in [3.05, 3.63) is 53.6 Å². The van der Waals surface area contributed by atoms with Gasteiger partial charge >= 0.3 is 0 Å². The number of fused-ring (bicyclic) bond motifs is 1. The number of benzene rings is 2. The number of amides is 1. The number of phenols is 1. The van der Waals surface area contributed by atoms with Gasteiger partial charge in [-0.15, -0.1) is 0 Å². The summed E-state index contributed by atoms with van der Waals surface area (Å²) in [5.74, 6) is 0.739. The molecule has 0 aliphatic carbocycles. The van der Waals surface area contributed by atoms with Crippen molar-refractivity contribution in [3.63, 3.8) is 0 Å². The van der Waals surface area contributed by atoms with Crippen LogP contribution in [0.3, 0.4) is 0 Å². The van der Waals surface area contributed by atoms with Gasteiger partial charge in [0.25, 0.3) is 5.91 Å². The SMILES string of the molecule is COc1ccc(/C=C2\C(=O)Nc3ccc(O)cc32)cc1. The van der Waals surface area contributed by atoms with Crippen molar-refractivity contribution in [2.75, 3.05) is 12.4 Å². The number of hydrogen-bond donors (Lipinski definition) is 2. The van der Waals surface area contributed by atoms with Crippen molar-refractivity contribution >= 4 is 23.2 Å². The van der Waals surface area contributed by atoms with Gasteiger partial charge in [0, 0.05) is 16.8 Å². The van der Waals surface area contributed by atoms with E-state index in [-0.39, 0.29) is 11.7 Å². The Hall–Kier alpha value is -2.75. The largest absolute Gasteiger partial charge is 0.508 e. The summed E-state index contributed by atoms with van der Waals surface area (Å²) in [5, 5.41) is 12.3. The molecule has 0 saturated heterocycles. The van der Waals surface area contributed by atoms with Gasteiger partial charge in [-0.2, -0.15) is 0 Å². The molecule has 0 saturated carbocycles. The average Bonchev–Trinajstić information content (AvgIpc) is 2.76. The molecule has 4 heteroatoms. The summed E-state index contributed by atoms with van der Waals surface area (Å²) < 4.78 is 5.10. The van der Waals surface area contributed by atoms with Gasteiger partial charge in [-0.05, 0) is 42.0 Å². The maximum atomic E-state index is 12.0. The lowest BCUT2D eigenvalue weighted by molar-refractivity contribution is -0.110. The van der Waals surface area contributed by atoms with E-state index in [1.165, 1.54) is 0 Å². The maximum Gasteiger partial charge on any atom is 0.256 e. The van der Waals surface area contributed by atoms with Gasteiger partial charge in [-0.3, -0.25) is 4.79 Å². The predicted octanol–water partition coefficient (Wildman–Crippen LogP) is 2.89. The van der Waals surface area contributed by atoms with Crippen LogP contribution in [-0.2, 0) is 4.79 Å². The maximum absolute atomic E-state index is 12.0. The molecule has 0 atom stereocenters. The lowest BCUT2D eigenvalue weighted by Crippen LogP contribution is -2.03. The highest BCUT2D eigenvalue weighted by atomic mass is 16.5. The summed E-state index contributed by atoms with van der Waals surface area (Å²) in [7, 11) is 1.61. The first-order valence-electron chi connectivity index (χ1n) is 6.18. The van der Waals surface area contributed by atoms with E-state index < -0.39 is 0 Å². The highest BCUT2D eigenvalue weighted by Crippen LogP contribution is 2.35. The van der Waals surface area contributed by atoms with E-state index >= 15 is 0 Å². The second-order valence-electron chi connectivity index (χ2n) is 4.52. The molecule has 2 aromatic carbocycles. The minimum atomic E-state index is -0.165. The number of rotatable bonds is 2. The number of hydrogen-bond acceptors (Lipinski definition) is 3. The molecule has 0 bridgehead atoms. The second-order valence-corrected chi connectivity index (χ2v) is 4.52. The zero-order valence-electron chi connectivity index (χ0n) is 10.9. The number of carbonyl (C=O) groups excluding carboxylic acids is 1. The Morgan fingerprint density at radius 2 is 1.90 bits per heavy atom. The zero-order chi connectivity index (χ0) is 14.1. The molecule has 2 N–H and O–H groups in total. The van der Waals surface area contributed by atoms with Crippen molar-refractivity contribution in [2.45, 2.75) is 0 Å². The Balaban J connectivity index is 2.03. The van der Waals surface area contributed by atoms with Crippen LogP contribution >= 0.6 is 0 Å². The van der Waals surface area contributed by atoms with Gasteiger partial charge in [0.2, 0.25) is 0 Å². The third kappa shape index (κ3) is 2.12. The molecule has 0 radical (unpaired) electrons. The van der Waals surface area contributed by atoms with E-state index in [0.29, 0.717) is 16.8 Å². The molecule has 2 aromatic rings. The van der Waals surface area contributed by atoms with Gasteiger partial charge in [-0.1, -0.05) is 12.1 Å². The molecule has 4 nitrogen and oxygen atoms in total. The van der Waals surface area contributed by atoms with Crippen LogP contribution in [0.15, 0.2) is 42.5 Å². The van der Waals surface area contributed by atoms with Crippen LogP contribution < -0.4 is 10.1 Å². The Bertz CT molecular complexity index is 702. The second kappa shape index (κ2) is 4.74. The highest BCUT2D eigenvalue weighted by molar-refractivity contribution is 6.35. The molecule has 100 valence electrons. The average molecular weight is 267 g/mol. The van der Waals surface area contributed by atoms with Crippen molar-refractivity contribution < 1.29 is 14.6 Å². The van der Waals surface area contributed by atoms with Crippen LogP contribution in [0.4, 0.5) is 5.69 Å². The Morgan fingerprint density at radius 1 is 1.15 bits per heavy atom. The first-order chi connectivity index (χ1) is 9.67. The topological polar surface area (TPSA) is 58.6 Å². The molecule has 1 aliphatic heterocycles. The summed E-state index contributed by atoms with van der Waals surface area (Å²) in [5.41, 5.74) is 2.87. The first kappa shape index (κ1) is 12.3. The van der Waals surface area contributed by atoms with E-state index in [1.54, 1.807) is 31.4 Å². The fourth-order valence-corrected chi connectivity index (χ4v) is 2.19. The number of anilines is 1. The molecule has 1 heterocycles. The van der Waals surface area contributed by atoms with E-state index in [0.717, 1.165) is 11.3 Å². The van der Waals surface area contributed by atoms with Crippen LogP contribution in [0.2, 0.25) is 0 Å². The van der Waals surface area contributed by atoms with Gasteiger partial charge in [0.1, 0.15) is 11.5 Å². The normalized spacial score (nSPS) is 15.1. The molecule has 20 heavy (non-hydrogen) atoms. The molecule has 0 spiro atoms. The molecular weight excluding hydrogens is 254 g/mol. The van der Waals surface area contributed by atoms with E-state index in [2.05, 4.69) is 5.32 Å². The standard InChI is InChI=1S/C16H13NO3/c1-20-12-5-2-10(3-6-12)8-14-13-9-11(18)4-7-15(13)17-16(14)19/h2-9,18H,1H3,(H,17,19)/b14-8-. The van der Waals surface area contributed by atoms with Crippen LogP contribution in [-0.4, -0.2) is 18.1 Å². The van der Waals surface area contributed by atoms with Crippen molar-refractivity contribution in [3.8, 4) is 11.5 Å². The fourth-order valence-electron chi connectivity index (χ4n) is 2.19. The Labute approximate surface area is 116 Å². The number of methoxy groups -OCH3 is 1. The third-order valence-electron chi connectivity index (χ3n) is 3.21. The van der Waals surface area contributed by atoms with Crippen LogP contribution in [0.1, 0.15) is 11.1 Å². The van der Waals surface area contributed by atoms with Crippen molar-refractivity contribution in [2.24, 2.45) is 0 Å². The van der Waals surface area contributed by atoms with Crippen molar-refractivity contribution in [1.29, 1.82) is 0 Å². The van der Waals surface area contributed by atoms with Crippen LogP contribution in [0, 0.1) is 0 Å². The molecule has 3 rings (SSSR count). The highest BCUT2D eigenvalue weighted by Gasteiger charge is 2.24. The molecular formula is C16H13NO3. The van der Waals surface area contributed by atoms with E-state index in [4.69, 9.17) is 4.74 Å². The summed E-state index contributed by atoms with van der Waals surface area (Å²) >= 11 is 0. The molecule has 0 fully saturated rings. The summed E-state index contributed by atoms with van der Waals surface area (Å²) in [4.78, 5) is 12.0. The minimum absolute atomic E-state index is 0.140. The van der Waals surface area contributed by atoms with Gasteiger partial charge in [0.15, 0.2) is 0 Å². The fraction of sp³-hybridized carbons (Fsp3) is 0.0625. The van der Waals surface area contributed by atoms with Crippen molar-refractivity contribution in [1.82, 2.24) is 0 Å². The predicted molar refractivity (Wildman–Crippen MR) is 77.6 cm³/mol. The summed E-state index contributed by atoms with van der Waals surface area (Å²) in [6, 6.07) is 12.3.